The summed E-state index contributed by atoms with van der Waals surface area (Å²) in [5.41, 5.74) is 0.735. The van der Waals surface area contributed by atoms with Gasteiger partial charge in [0.15, 0.2) is 5.96 Å². The average molecular weight is 501 g/mol. The van der Waals surface area contributed by atoms with E-state index in [2.05, 4.69) is 10.3 Å². The number of nitrogens with zero attached hydrogens (tertiary/aromatic N) is 4. The van der Waals surface area contributed by atoms with Crippen molar-refractivity contribution in [1.82, 2.24) is 15.1 Å². The fourth-order valence-corrected chi connectivity index (χ4v) is 2.82. The number of alkyl halides is 3. The van der Waals surface area contributed by atoms with E-state index in [1.807, 2.05) is 4.90 Å². The SMILES string of the molecule is CN=C(NCc1cccc([N+](=O)[O-])c1)N1CCN(C(C)C(F)(F)F)CC1.I. The summed E-state index contributed by atoms with van der Waals surface area (Å²) in [5.74, 6) is 0.566. The maximum Gasteiger partial charge on any atom is 0.403 e. The number of nitro benzene ring substituents is 1. The van der Waals surface area contributed by atoms with E-state index in [1.165, 1.54) is 24.0 Å². The zero-order chi connectivity index (χ0) is 19.3. The first kappa shape index (κ1) is 23.4. The molecule has 0 aliphatic carbocycles. The van der Waals surface area contributed by atoms with Crippen LogP contribution >= 0.6 is 24.0 Å². The van der Waals surface area contributed by atoms with Gasteiger partial charge in [0.2, 0.25) is 0 Å². The largest absolute Gasteiger partial charge is 0.403 e. The van der Waals surface area contributed by atoms with Crippen molar-refractivity contribution >= 4 is 35.6 Å². The number of halogens is 4. The Balaban J connectivity index is 0.00000364. The molecule has 1 aromatic carbocycles. The standard InChI is InChI=1S/C16H22F3N5O2.HI/c1-12(16(17,18)19)22-6-8-23(9-7-22)15(20-2)21-11-13-4-3-5-14(10-13)24(25)26;/h3-5,10,12H,6-9,11H2,1-2H3,(H,20,21);1H. The highest BCUT2D eigenvalue weighted by atomic mass is 127. The first-order valence-electron chi connectivity index (χ1n) is 8.22. The molecule has 1 heterocycles. The van der Waals surface area contributed by atoms with E-state index in [9.17, 15) is 23.3 Å². The molecule has 1 saturated heterocycles. The van der Waals surface area contributed by atoms with E-state index >= 15 is 0 Å². The van der Waals surface area contributed by atoms with E-state index in [1.54, 1.807) is 19.2 Å². The molecule has 27 heavy (non-hydrogen) atoms. The Labute approximate surface area is 172 Å². The number of guanidine groups is 1. The normalized spacial score (nSPS) is 17.2. The first-order chi connectivity index (χ1) is 12.2. The molecule has 7 nitrogen and oxygen atoms in total. The lowest BCUT2D eigenvalue weighted by atomic mass is 10.2. The number of piperazine rings is 1. The lowest BCUT2D eigenvalue weighted by Crippen LogP contribution is -2.56. The summed E-state index contributed by atoms with van der Waals surface area (Å²) in [4.78, 5) is 17.8. The number of rotatable bonds is 4. The smallest absolute Gasteiger partial charge is 0.352 e. The number of hydrogen-bond acceptors (Lipinski definition) is 4. The number of nitrogens with one attached hydrogen (secondary N) is 1. The highest BCUT2D eigenvalue weighted by Crippen LogP contribution is 2.25. The highest BCUT2D eigenvalue weighted by molar-refractivity contribution is 14.0. The number of benzene rings is 1. The summed E-state index contributed by atoms with van der Waals surface area (Å²) in [5, 5.41) is 13.9. The molecule has 0 spiro atoms. The van der Waals surface area contributed by atoms with Crippen LogP contribution in [0.15, 0.2) is 29.3 Å². The maximum atomic E-state index is 12.8. The molecule has 1 unspecified atom stereocenters. The Morgan fingerprint density at radius 3 is 2.48 bits per heavy atom. The molecule has 1 atom stereocenters. The van der Waals surface area contributed by atoms with Gasteiger partial charge in [-0.1, -0.05) is 12.1 Å². The minimum absolute atomic E-state index is 0. The third-order valence-corrected chi connectivity index (χ3v) is 4.42. The second-order valence-electron chi connectivity index (χ2n) is 6.07. The van der Waals surface area contributed by atoms with Crippen LogP contribution in [0.3, 0.4) is 0 Å². The van der Waals surface area contributed by atoms with Crippen molar-refractivity contribution in [3.8, 4) is 0 Å². The van der Waals surface area contributed by atoms with E-state index in [0.717, 1.165) is 5.56 Å². The van der Waals surface area contributed by atoms with Gasteiger partial charge in [0.05, 0.1) is 4.92 Å². The predicted molar refractivity (Wildman–Crippen MR) is 107 cm³/mol. The van der Waals surface area contributed by atoms with Crippen LogP contribution in [0.1, 0.15) is 12.5 Å². The van der Waals surface area contributed by atoms with Crippen molar-refractivity contribution < 1.29 is 18.1 Å². The number of non-ortho nitro benzene ring substituents is 1. The molecule has 1 aliphatic rings. The molecular weight excluding hydrogens is 478 g/mol. The van der Waals surface area contributed by atoms with Gasteiger partial charge in [0.25, 0.3) is 5.69 Å². The summed E-state index contributed by atoms with van der Waals surface area (Å²) >= 11 is 0. The van der Waals surface area contributed by atoms with Gasteiger partial charge in [-0.05, 0) is 12.5 Å². The van der Waals surface area contributed by atoms with Gasteiger partial charge in [-0.3, -0.25) is 20.0 Å². The molecule has 1 N–H and O–H groups in total. The Morgan fingerprint density at radius 1 is 1.33 bits per heavy atom. The summed E-state index contributed by atoms with van der Waals surface area (Å²) in [6, 6.07) is 4.79. The molecule has 11 heteroatoms. The van der Waals surface area contributed by atoms with Crippen LogP contribution in [-0.2, 0) is 6.54 Å². The monoisotopic (exact) mass is 501 g/mol. The fourth-order valence-electron chi connectivity index (χ4n) is 2.82. The minimum Gasteiger partial charge on any atom is -0.352 e. The summed E-state index contributed by atoms with van der Waals surface area (Å²) in [6.07, 6.45) is -4.23. The molecule has 0 saturated carbocycles. The zero-order valence-corrected chi connectivity index (χ0v) is 17.4. The van der Waals surface area contributed by atoms with Gasteiger partial charge in [-0.15, -0.1) is 24.0 Å². The molecule has 152 valence electrons. The molecule has 0 bridgehead atoms. The van der Waals surface area contributed by atoms with Gasteiger partial charge < -0.3 is 10.2 Å². The maximum absolute atomic E-state index is 12.8. The first-order valence-corrected chi connectivity index (χ1v) is 8.22. The fraction of sp³-hybridized carbons (Fsp3) is 0.562. The molecule has 1 aliphatic heterocycles. The van der Waals surface area contributed by atoms with E-state index in [4.69, 9.17) is 0 Å². The number of hydrogen-bond donors (Lipinski definition) is 1. The van der Waals surface area contributed by atoms with Gasteiger partial charge in [0, 0.05) is 51.9 Å². The van der Waals surface area contributed by atoms with Gasteiger partial charge in [-0.25, -0.2) is 0 Å². The van der Waals surface area contributed by atoms with E-state index < -0.39 is 17.1 Å². The van der Waals surface area contributed by atoms with Crippen LogP contribution in [0.25, 0.3) is 0 Å². The van der Waals surface area contributed by atoms with Gasteiger partial charge in [0.1, 0.15) is 6.04 Å². The average Bonchev–Trinajstić information content (AvgIpc) is 2.61. The van der Waals surface area contributed by atoms with Crippen molar-refractivity contribution in [1.29, 1.82) is 0 Å². The molecule has 0 amide bonds. The Morgan fingerprint density at radius 2 is 1.96 bits per heavy atom. The quantitative estimate of drug-likeness (QED) is 0.226. The molecule has 0 radical (unpaired) electrons. The van der Waals surface area contributed by atoms with Crippen molar-refractivity contribution in [3.63, 3.8) is 0 Å². The topological polar surface area (TPSA) is 74.0 Å². The lowest BCUT2D eigenvalue weighted by Gasteiger charge is -2.39. The van der Waals surface area contributed by atoms with Crippen LogP contribution in [-0.4, -0.2) is 66.1 Å². The molecule has 0 aromatic heterocycles. The van der Waals surface area contributed by atoms with Crippen LogP contribution in [0.4, 0.5) is 18.9 Å². The summed E-state index contributed by atoms with van der Waals surface area (Å²) < 4.78 is 38.4. The molecular formula is C16H23F3IN5O2. The van der Waals surface area contributed by atoms with Crippen LogP contribution in [0, 0.1) is 10.1 Å². The van der Waals surface area contributed by atoms with Gasteiger partial charge in [-0.2, -0.15) is 13.2 Å². The van der Waals surface area contributed by atoms with Crippen molar-refractivity contribution in [2.75, 3.05) is 33.2 Å². The molecule has 2 rings (SSSR count). The van der Waals surface area contributed by atoms with Crippen LogP contribution < -0.4 is 5.32 Å². The Kier molecular flexibility index (Phi) is 8.72. The van der Waals surface area contributed by atoms with E-state index in [0.29, 0.717) is 25.6 Å². The van der Waals surface area contributed by atoms with Gasteiger partial charge >= 0.3 is 6.18 Å². The van der Waals surface area contributed by atoms with Crippen molar-refractivity contribution in [2.24, 2.45) is 4.99 Å². The Hall–Kier alpha value is -1.63. The third kappa shape index (κ3) is 6.48. The molecule has 1 aromatic rings. The number of aliphatic imine (C=N–C) groups is 1. The summed E-state index contributed by atoms with van der Waals surface area (Å²) in [7, 11) is 1.60. The highest BCUT2D eigenvalue weighted by Gasteiger charge is 2.41. The zero-order valence-electron chi connectivity index (χ0n) is 15.1. The van der Waals surface area contributed by atoms with Crippen LogP contribution in [0.5, 0.6) is 0 Å². The summed E-state index contributed by atoms with van der Waals surface area (Å²) in [6.45, 7) is 2.94. The van der Waals surface area contributed by atoms with Crippen molar-refractivity contribution in [2.45, 2.75) is 25.7 Å². The molecule has 1 fully saturated rings. The van der Waals surface area contributed by atoms with Crippen LogP contribution in [0.2, 0.25) is 0 Å². The van der Waals surface area contributed by atoms with Crippen molar-refractivity contribution in [3.05, 3.63) is 39.9 Å². The minimum atomic E-state index is -4.23. The lowest BCUT2D eigenvalue weighted by molar-refractivity contribution is -0.384. The number of nitro groups is 1. The third-order valence-electron chi connectivity index (χ3n) is 4.42. The second kappa shape index (κ2) is 10.1. The predicted octanol–water partition coefficient (Wildman–Crippen LogP) is 2.86. The van der Waals surface area contributed by atoms with E-state index in [-0.39, 0.29) is 42.8 Å². The Bertz CT molecular complexity index is 664. The second-order valence-corrected chi connectivity index (χ2v) is 6.07.